The number of aliphatic hydroxyl groups is 2. The lowest BCUT2D eigenvalue weighted by Crippen LogP contribution is -2.18. The van der Waals surface area contributed by atoms with E-state index in [1.165, 1.54) is 18.2 Å². The van der Waals surface area contributed by atoms with Gasteiger partial charge < -0.3 is 14.9 Å². The van der Waals surface area contributed by atoms with Crippen molar-refractivity contribution in [2.75, 3.05) is 13.2 Å². The Morgan fingerprint density at radius 1 is 1.41 bits per heavy atom. The van der Waals surface area contributed by atoms with Crippen molar-refractivity contribution in [3.05, 3.63) is 35.4 Å². The first-order valence-electron chi connectivity index (χ1n) is 5.20. The fourth-order valence-corrected chi connectivity index (χ4v) is 1.31. The zero-order valence-corrected chi connectivity index (χ0v) is 9.42. The molecule has 1 aromatic carbocycles. The highest BCUT2D eigenvalue weighted by molar-refractivity contribution is 6.40. The molecule has 0 spiro atoms. The predicted octanol–water partition coefficient (Wildman–Crippen LogP) is 0.458. The monoisotopic (exact) mass is 238 g/mol. The fraction of sp³-hybridized carbons (Fsp3) is 0.333. The number of hydrogen-bond donors (Lipinski definition) is 2. The smallest absolute Gasteiger partial charge is 0.379 e. The number of aliphatic hydroxyl groups excluding tert-OH is 2. The summed E-state index contributed by atoms with van der Waals surface area (Å²) in [5.41, 5.74) is 0.510. The van der Waals surface area contributed by atoms with Gasteiger partial charge in [-0.1, -0.05) is 18.2 Å². The Balaban J connectivity index is 2.91. The Labute approximate surface area is 98.6 Å². The molecule has 17 heavy (non-hydrogen) atoms. The van der Waals surface area contributed by atoms with E-state index in [-0.39, 0.29) is 12.2 Å². The van der Waals surface area contributed by atoms with Gasteiger partial charge in [-0.2, -0.15) is 0 Å². The summed E-state index contributed by atoms with van der Waals surface area (Å²) in [5.74, 6) is -1.69. The Bertz CT molecular complexity index is 413. The summed E-state index contributed by atoms with van der Waals surface area (Å²) in [6.07, 6.45) is -1.06. The minimum absolute atomic E-state index is 0.129. The summed E-state index contributed by atoms with van der Waals surface area (Å²) in [6.45, 7) is 1.29. The zero-order valence-electron chi connectivity index (χ0n) is 9.42. The van der Waals surface area contributed by atoms with Crippen LogP contribution >= 0.6 is 0 Å². The van der Waals surface area contributed by atoms with Gasteiger partial charge in [-0.25, -0.2) is 4.79 Å². The number of esters is 1. The van der Waals surface area contributed by atoms with Crippen LogP contribution in [0.3, 0.4) is 0 Å². The molecule has 0 aliphatic rings. The molecule has 5 heteroatoms. The van der Waals surface area contributed by atoms with Gasteiger partial charge in [-0.05, 0) is 18.6 Å². The molecule has 92 valence electrons. The van der Waals surface area contributed by atoms with Crippen molar-refractivity contribution in [2.24, 2.45) is 0 Å². The lowest BCUT2D eigenvalue weighted by atomic mass is 10.0. The number of benzene rings is 1. The van der Waals surface area contributed by atoms with E-state index in [0.29, 0.717) is 5.56 Å². The highest BCUT2D eigenvalue weighted by Gasteiger charge is 2.18. The van der Waals surface area contributed by atoms with E-state index >= 15 is 0 Å². The van der Waals surface area contributed by atoms with E-state index in [0.717, 1.165) is 0 Å². The van der Waals surface area contributed by atoms with Gasteiger partial charge in [0.05, 0.1) is 13.2 Å². The quantitative estimate of drug-likeness (QED) is 0.442. The Morgan fingerprint density at radius 2 is 2.12 bits per heavy atom. The molecule has 0 bridgehead atoms. The van der Waals surface area contributed by atoms with E-state index in [4.69, 9.17) is 5.11 Å². The molecular formula is C12H14O5. The molecule has 2 N–H and O–H groups in total. The molecule has 1 rings (SSSR count). The van der Waals surface area contributed by atoms with Gasteiger partial charge in [-0.15, -0.1) is 0 Å². The van der Waals surface area contributed by atoms with Crippen molar-refractivity contribution >= 4 is 11.8 Å². The molecule has 1 atom stereocenters. The molecule has 0 aliphatic carbocycles. The first-order valence-corrected chi connectivity index (χ1v) is 5.20. The van der Waals surface area contributed by atoms with E-state index in [2.05, 4.69) is 4.74 Å². The number of carbonyl (C=O) groups is 2. The van der Waals surface area contributed by atoms with Crippen molar-refractivity contribution in [3.8, 4) is 0 Å². The summed E-state index contributed by atoms with van der Waals surface area (Å²) >= 11 is 0. The Kier molecular flexibility index (Phi) is 4.81. The molecule has 0 aromatic heterocycles. The molecule has 0 aliphatic heterocycles. The highest BCUT2D eigenvalue weighted by Crippen LogP contribution is 2.14. The number of rotatable bonds is 5. The number of hydrogen-bond acceptors (Lipinski definition) is 5. The predicted molar refractivity (Wildman–Crippen MR) is 59.5 cm³/mol. The molecule has 1 aromatic rings. The van der Waals surface area contributed by atoms with E-state index in [1.807, 2.05) is 0 Å². The summed E-state index contributed by atoms with van der Waals surface area (Å²) in [4.78, 5) is 22.8. The maximum Gasteiger partial charge on any atom is 0.379 e. The molecule has 5 nitrogen and oxygen atoms in total. The number of ketones is 1. The van der Waals surface area contributed by atoms with Crippen LogP contribution in [0, 0.1) is 0 Å². The third-order valence-electron chi connectivity index (χ3n) is 2.17. The molecule has 0 fully saturated rings. The van der Waals surface area contributed by atoms with Gasteiger partial charge in [0.2, 0.25) is 0 Å². The van der Waals surface area contributed by atoms with Crippen LogP contribution in [0.4, 0.5) is 0 Å². The van der Waals surface area contributed by atoms with Gasteiger partial charge in [0.25, 0.3) is 5.78 Å². The third-order valence-corrected chi connectivity index (χ3v) is 2.17. The van der Waals surface area contributed by atoms with Crippen LogP contribution in [-0.2, 0) is 9.53 Å². The number of ether oxygens (including phenoxy) is 1. The molecular weight excluding hydrogens is 224 g/mol. The minimum Gasteiger partial charge on any atom is -0.460 e. The molecule has 1 unspecified atom stereocenters. The zero-order chi connectivity index (χ0) is 12.8. The van der Waals surface area contributed by atoms with Crippen molar-refractivity contribution in [2.45, 2.75) is 13.0 Å². The minimum atomic E-state index is -1.06. The van der Waals surface area contributed by atoms with Gasteiger partial charge in [0, 0.05) is 5.56 Å². The van der Waals surface area contributed by atoms with Crippen LogP contribution in [0.25, 0.3) is 0 Å². The van der Waals surface area contributed by atoms with Gasteiger partial charge in [0.15, 0.2) is 0 Å². The second-order valence-corrected chi connectivity index (χ2v) is 3.37. The van der Waals surface area contributed by atoms with Crippen LogP contribution in [0.15, 0.2) is 24.3 Å². The van der Waals surface area contributed by atoms with Crippen molar-refractivity contribution in [3.63, 3.8) is 0 Å². The van der Waals surface area contributed by atoms with Crippen LogP contribution in [-0.4, -0.2) is 35.2 Å². The first kappa shape index (κ1) is 13.3. The fourth-order valence-electron chi connectivity index (χ4n) is 1.31. The number of carbonyl (C=O) groups excluding carboxylic acids is 2. The van der Waals surface area contributed by atoms with Crippen molar-refractivity contribution in [1.29, 1.82) is 0 Å². The summed E-state index contributed by atoms with van der Waals surface area (Å²) in [7, 11) is 0. The Morgan fingerprint density at radius 3 is 2.71 bits per heavy atom. The van der Waals surface area contributed by atoms with E-state index < -0.39 is 24.5 Å². The average Bonchev–Trinajstić information content (AvgIpc) is 2.37. The lowest BCUT2D eigenvalue weighted by Gasteiger charge is -2.08. The van der Waals surface area contributed by atoms with Crippen molar-refractivity contribution < 1.29 is 24.5 Å². The normalized spacial score (nSPS) is 11.9. The first-order chi connectivity index (χ1) is 8.10. The highest BCUT2D eigenvalue weighted by atomic mass is 16.5. The van der Waals surface area contributed by atoms with Crippen LogP contribution in [0.5, 0.6) is 0 Å². The maximum atomic E-state index is 11.6. The second kappa shape index (κ2) is 6.12. The number of Topliss-reactive ketones (excluding diaryl/α,β-unsaturated/α-hetero) is 1. The van der Waals surface area contributed by atoms with E-state index in [1.54, 1.807) is 13.0 Å². The lowest BCUT2D eigenvalue weighted by molar-refractivity contribution is -0.137. The van der Waals surface area contributed by atoms with Crippen LogP contribution < -0.4 is 0 Å². The molecule has 0 heterocycles. The van der Waals surface area contributed by atoms with Gasteiger partial charge in [-0.3, -0.25) is 4.79 Å². The standard InChI is InChI=1S/C12H14O5/c1-2-17-12(16)11(15)9-5-3-4-8(6-9)10(14)7-13/h3-6,10,13-14H,2,7H2,1H3. The van der Waals surface area contributed by atoms with Crippen LogP contribution in [0.1, 0.15) is 28.9 Å². The molecule has 0 saturated heterocycles. The largest absolute Gasteiger partial charge is 0.460 e. The Hall–Kier alpha value is -1.72. The molecule has 0 saturated carbocycles. The molecule has 0 radical (unpaired) electrons. The summed E-state index contributed by atoms with van der Waals surface area (Å²) in [6, 6.07) is 5.90. The SMILES string of the molecule is CCOC(=O)C(=O)c1cccc(C(O)CO)c1. The van der Waals surface area contributed by atoms with Gasteiger partial charge in [0.1, 0.15) is 6.10 Å². The van der Waals surface area contributed by atoms with E-state index in [9.17, 15) is 14.7 Å². The summed E-state index contributed by atoms with van der Waals surface area (Å²) in [5, 5.41) is 18.2. The van der Waals surface area contributed by atoms with Gasteiger partial charge >= 0.3 is 5.97 Å². The topological polar surface area (TPSA) is 83.8 Å². The average molecular weight is 238 g/mol. The second-order valence-electron chi connectivity index (χ2n) is 3.37. The summed E-state index contributed by atoms with van der Waals surface area (Å²) < 4.78 is 4.58. The van der Waals surface area contributed by atoms with Crippen LogP contribution in [0.2, 0.25) is 0 Å². The molecule has 0 amide bonds. The maximum absolute atomic E-state index is 11.6. The van der Waals surface area contributed by atoms with Crippen molar-refractivity contribution in [1.82, 2.24) is 0 Å². The third kappa shape index (κ3) is 3.37.